The van der Waals surface area contributed by atoms with Crippen LogP contribution in [0.25, 0.3) is 0 Å². The first-order valence-electron chi connectivity index (χ1n) is 5.46. The van der Waals surface area contributed by atoms with Crippen molar-refractivity contribution in [3.8, 4) is 0 Å². The van der Waals surface area contributed by atoms with Gasteiger partial charge in [-0.15, -0.1) is 11.8 Å². The summed E-state index contributed by atoms with van der Waals surface area (Å²) in [5.74, 6) is 0. The minimum Gasteiger partial charge on any atom is -0.399 e. The SMILES string of the molecule is CSc1ccc(Nc2ccc(N)c(C)c2)cc1. The standard InChI is InChI=1S/C14H16N2S/c1-10-9-12(5-8-14(10)15)16-11-3-6-13(17-2)7-4-11/h3-9,16H,15H2,1-2H3. The van der Waals surface area contributed by atoms with E-state index in [1.807, 2.05) is 19.1 Å². The summed E-state index contributed by atoms with van der Waals surface area (Å²) in [6.45, 7) is 2.01. The lowest BCUT2D eigenvalue weighted by molar-refractivity contribution is 1.42. The van der Waals surface area contributed by atoms with E-state index in [1.54, 1.807) is 11.8 Å². The second-order valence-electron chi connectivity index (χ2n) is 3.92. The second-order valence-corrected chi connectivity index (χ2v) is 4.80. The molecule has 88 valence electrons. The predicted molar refractivity (Wildman–Crippen MR) is 77.1 cm³/mol. The lowest BCUT2D eigenvalue weighted by Gasteiger charge is -2.09. The highest BCUT2D eigenvalue weighted by atomic mass is 32.2. The van der Waals surface area contributed by atoms with Gasteiger partial charge < -0.3 is 11.1 Å². The number of nitrogens with one attached hydrogen (secondary N) is 1. The van der Waals surface area contributed by atoms with Crippen LogP contribution in [0.1, 0.15) is 5.56 Å². The minimum atomic E-state index is 0.827. The molecule has 0 aliphatic heterocycles. The van der Waals surface area contributed by atoms with Gasteiger partial charge >= 0.3 is 0 Å². The maximum Gasteiger partial charge on any atom is 0.0388 e. The molecule has 2 rings (SSSR count). The van der Waals surface area contributed by atoms with Gasteiger partial charge in [-0.2, -0.15) is 0 Å². The molecule has 0 aliphatic carbocycles. The summed E-state index contributed by atoms with van der Waals surface area (Å²) in [5.41, 5.74) is 9.86. The van der Waals surface area contributed by atoms with Gasteiger partial charge in [-0.1, -0.05) is 0 Å². The number of hydrogen-bond donors (Lipinski definition) is 2. The summed E-state index contributed by atoms with van der Waals surface area (Å²) in [4.78, 5) is 1.27. The molecule has 0 saturated heterocycles. The Morgan fingerprint density at radius 1 is 1.00 bits per heavy atom. The molecule has 0 heterocycles. The van der Waals surface area contributed by atoms with E-state index in [1.165, 1.54) is 4.90 Å². The van der Waals surface area contributed by atoms with Crippen LogP contribution in [0.15, 0.2) is 47.4 Å². The van der Waals surface area contributed by atoms with Gasteiger partial charge in [0.15, 0.2) is 0 Å². The fourth-order valence-corrected chi connectivity index (χ4v) is 2.00. The van der Waals surface area contributed by atoms with E-state index in [2.05, 4.69) is 41.9 Å². The molecular weight excluding hydrogens is 228 g/mol. The fraction of sp³-hybridized carbons (Fsp3) is 0.143. The molecule has 2 nitrogen and oxygen atoms in total. The summed E-state index contributed by atoms with van der Waals surface area (Å²) < 4.78 is 0. The molecule has 3 N–H and O–H groups in total. The monoisotopic (exact) mass is 244 g/mol. The van der Waals surface area contributed by atoms with Crippen molar-refractivity contribution in [3.05, 3.63) is 48.0 Å². The van der Waals surface area contributed by atoms with Gasteiger partial charge in [0.05, 0.1) is 0 Å². The number of anilines is 3. The van der Waals surface area contributed by atoms with Gasteiger partial charge in [-0.05, 0) is 61.2 Å². The molecular formula is C14H16N2S. The van der Waals surface area contributed by atoms with E-state index < -0.39 is 0 Å². The highest BCUT2D eigenvalue weighted by molar-refractivity contribution is 7.98. The lowest BCUT2D eigenvalue weighted by Crippen LogP contribution is -1.93. The average Bonchev–Trinajstić information content (AvgIpc) is 2.35. The van der Waals surface area contributed by atoms with Gasteiger partial charge in [0, 0.05) is 22.0 Å². The Labute approximate surface area is 106 Å². The van der Waals surface area contributed by atoms with Crippen LogP contribution in [0.4, 0.5) is 17.1 Å². The first kappa shape index (κ1) is 11.9. The predicted octanol–water partition coefficient (Wildman–Crippen LogP) is 4.04. The van der Waals surface area contributed by atoms with Crippen LogP contribution in [0.3, 0.4) is 0 Å². The molecule has 0 amide bonds. The number of nitrogen functional groups attached to an aromatic ring is 1. The number of benzene rings is 2. The van der Waals surface area contributed by atoms with E-state index in [0.717, 1.165) is 22.6 Å². The van der Waals surface area contributed by atoms with Crippen LogP contribution in [0.5, 0.6) is 0 Å². The Hall–Kier alpha value is -1.61. The highest BCUT2D eigenvalue weighted by Crippen LogP contribution is 2.23. The van der Waals surface area contributed by atoms with Crippen molar-refractivity contribution in [1.29, 1.82) is 0 Å². The zero-order valence-electron chi connectivity index (χ0n) is 10.0. The van der Waals surface area contributed by atoms with Gasteiger partial charge in [0.2, 0.25) is 0 Å². The van der Waals surface area contributed by atoms with Crippen LogP contribution in [-0.4, -0.2) is 6.26 Å². The van der Waals surface area contributed by atoms with Crippen molar-refractivity contribution in [3.63, 3.8) is 0 Å². The summed E-state index contributed by atoms with van der Waals surface area (Å²) in [6, 6.07) is 14.3. The zero-order valence-corrected chi connectivity index (χ0v) is 10.8. The van der Waals surface area contributed by atoms with Gasteiger partial charge in [0.25, 0.3) is 0 Å². The Morgan fingerprint density at radius 2 is 1.65 bits per heavy atom. The van der Waals surface area contributed by atoms with Crippen LogP contribution < -0.4 is 11.1 Å². The molecule has 0 bridgehead atoms. The largest absolute Gasteiger partial charge is 0.399 e. The molecule has 3 heteroatoms. The van der Waals surface area contributed by atoms with Crippen molar-refractivity contribution in [2.45, 2.75) is 11.8 Å². The third-order valence-electron chi connectivity index (χ3n) is 2.65. The maximum atomic E-state index is 5.79. The second kappa shape index (κ2) is 5.15. The molecule has 0 spiro atoms. The molecule has 17 heavy (non-hydrogen) atoms. The molecule has 0 atom stereocenters. The number of nitrogens with two attached hydrogens (primary N) is 1. The topological polar surface area (TPSA) is 38.0 Å². The normalized spacial score (nSPS) is 10.2. The van der Waals surface area contributed by atoms with E-state index >= 15 is 0 Å². The van der Waals surface area contributed by atoms with Crippen LogP contribution >= 0.6 is 11.8 Å². The van der Waals surface area contributed by atoms with E-state index in [0.29, 0.717) is 0 Å². The van der Waals surface area contributed by atoms with Crippen molar-refractivity contribution in [1.82, 2.24) is 0 Å². The number of thioether (sulfide) groups is 1. The van der Waals surface area contributed by atoms with E-state index in [9.17, 15) is 0 Å². The van der Waals surface area contributed by atoms with Gasteiger partial charge in [0.1, 0.15) is 0 Å². The fourth-order valence-electron chi connectivity index (χ4n) is 1.59. The Morgan fingerprint density at radius 3 is 2.24 bits per heavy atom. The molecule has 2 aromatic carbocycles. The maximum absolute atomic E-state index is 5.79. The molecule has 0 saturated carbocycles. The molecule has 0 unspecified atom stereocenters. The number of hydrogen-bond acceptors (Lipinski definition) is 3. The summed E-state index contributed by atoms with van der Waals surface area (Å²) in [7, 11) is 0. The minimum absolute atomic E-state index is 0.827. The molecule has 0 fully saturated rings. The van der Waals surface area contributed by atoms with Crippen molar-refractivity contribution >= 4 is 28.8 Å². The zero-order chi connectivity index (χ0) is 12.3. The number of rotatable bonds is 3. The van der Waals surface area contributed by atoms with Crippen molar-refractivity contribution in [2.75, 3.05) is 17.3 Å². The van der Waals surface area contributed by atoms with Crippen molar-refractivity contribution in [2.24, 2.45) is 0 Å². The van der Waals surface area contributed by atoms with Gasteiger partial charge in [-0.25, -0.2) is 0 Å². The van der Waals surface area contributed by atoms with Gasteiger partial charge in [-0.3, -0.25) is 0 Å². The first-order valence-corrected chi connectivity index (χ1v) is 6.69. The number of aryl methyl sites for hydroxylation is 1. The third-order valence-corrected chi connectivity index (χ3v) is 3.39. The summed E-state index contributed by atoms with van der Waals surface area (Å²) in [5, 5.41) is 3.36. The van der Waals surface area contributed by atoms with E-state index in [4.69, 9.17) is 5.73 Å². The smallest absolute Gasteiger partial charge is 0.0388 e. The first-order chi connectivity index (χ1) is 8.19. The van der Waals surface area contributed by atoms with E-state index in [-0.39, 0.29) is 0 Å². The lowest BCUT2D eigenvalue weighted by atomic mass is 10.2. The highest BCUT2D eigenvalue weighted by Gasteiger charge is 1.98. The van der Waals surface area contributed by atoms with Crippen LogP contribution in [0.2, 0.25) is 0 Å². The Kier molecular flexibility index (Phi) is 3.59. The quantitative estimate of drug-likeness (QED) is 0.632. The van der Waals surface area contributed by atoms with Crippen LogP contribution in [-0.2, 0) is 0 Å². The summed E-state index contributed by atoms with van der Waals surface area (Å²) in [6.07, 6.45) is 2.08. The third kappa shape index (κ3) is 2.94. The molecule has 0 aliphatic rings. The molecule has 2 aromatic rings. The Balaban J connectivity index is 2.16. The molecule has 0 radical (unpaired) electrons. The van der Waals surface area contributed by atoms with Crippen molar-refractivity contribution < 1.29 is 0 Å². The molecule has 0 aromatic heterocycles. The Bertz CT molecular complexity index is 506. The van der Waals surface area contributed by atoms with Crippen LogP contribution in [0, 0.1) is 6.92 Å². The summed E-state index contributed by atoms with van der Waals surface area (Å²) >= 11 is 1.74. The average molecular weight is 244 g/mol.